The Hall–Kier alpha value is -3.16. The highest BCUT2D eigenvalue weighted by molar-refractivity contribution is 7.93. The first-order chi connectivity index (χ1) is 19.8. The second-order valence-corrected chi connectivity index (χ2v) is 14.1. The summed E-state index contributed by atoms with van der Waals surface area (Å²) in [5, 5.41) is 4.02. The van der Waals surface area contributed by atoms with Gasteiger partial charge in [-0.15, -0.1) is 15.6 Å². The van der Waals surface area contributed by atoms with Crippen molar-refractivity contribution >= 4 is 39.0 Å². The van der Waals surface area contributed by atoms with Gasteiger partial charge >= 0.3 is 6.09 Å². The lowest BCUT2D eigenvalue weighted by molar-refractivity contribution is 0.0608. The SMILES string of the molecule is Cc1ccc(F)c(CNc2ccc(S(=O)(=O)N(C(=O)OC(C)(C)C)c3cscn3)c(F)c2F)c1CN1C2CCC1CC2. The number of hydrogen-bond donors (Lipinski definition) is 1. The zero-order chi connectivity index (χ0) is 30.4. The molecule has 0 unspecified atom stereocenters. The molecule has 2 saturated heterocycles. The number of amides is 1. The van der Waals surface area contributed by atoms with Crippen LogP contribution in [0.15, 0.2) is 40.1 Å². The summed E-state index contributed by atoms with van der Waals surface area (Å²) < 4.78 is 78.2. The average Bonchev–Trinajstić information content (AvgIpc) is 3.65. The van der Waals surface area contributed by atoms with Crippen LogP contribution in [0, 0.1) is 24.4 Å². The topological polar surface area (TPSA) is 91.8 Å². The highest BCUT2D eigenvalue weighted by atomic mass is 32.2. The molecule has 3 heterocycles. The first-order valence-corrected chi connectivity index (χ1v) is 16.1. The van der Waals surface area contributed by atoms with Gasteiger partial charge in [-0.05, 0) is 82.7 Å². The maximum Gasteiger partial charge on any atom is 0.430 e. The molecule has 0 spiro atoms. The van der Waals surface area contributed by atoms with Crippen LogP contribution in [0.3, 0.4) is 0 Å². The number of nitrogens with one attached hydrogen (secondary N) is 1. The van der Waals surface area contributed by atoms with Crippen LogP contribution < -0.4 is 9.62 Å². The molecule has 1 aromatic heterocycles. The quantitative estimate of drug-likeness (QED) is 0.298. The van der Waals surface area contributed by atoms with E-state index in [0.717, 1.165) is 60.3 Å². The average molecular weight is 623 g/mol. The number of hydrogen-bond acceptors (Lipinski definition) is 8. The number of anilines is 2. The second-order valence-electron chi connectivity index (χ2n) is 11.6. The summed E-state index contributed by atoms with van der Waals surface area (Å²) in [6.07, 6.45) is 3.19. The van der Waals surface area contributed by atoms with Crippen molar-refractivity contribution in [2.45, 2.75) is 89.0 Å². The van der Waals surface area contributed by atoms with E-state index in [9.17, 15) is 13.2 Å². The lowest BCUT2D eigenvalue weighted by atomic mass is 10.00. The zero-order valence-corrected chi connectivity index (χ0v) is 25.4. The van der Waals surface area contributed by atoms with Crippen molar-refractivity contribution in [1.29, 1.82) is 0 Å². The molecule has 1 amide bonds. The van der Waals surface area contributed by atoms with Crippen LogP contribution >= 0.6 is 11.3 Å². The van der Waals surface area contributed by atoms with Crippen molar-refractivity contribution in [3.8, 4) is 0 Å². The number of aromatic nitrogens is 1. The van der Waals surface area contributed by atoms with Crippen LogP contribution in [0.5, 0.6) is 0 Å². The summed E-state index contributed by atoms with van der Waals surface area (Å²) in [5.74, 6) is -3.95. The van der Waals surface area contributed by atoms with E-state index >= 15 is 13.2 Å². The van der Waals surface area contributed by atoms with Crippen LogP contribution in [-0.4, -0.2) is 42.1 Å². The van der Waals surface area contributed by atoms with Gasteiger partial charge in [0.15, 0.2) is 17.5 Å². The maximum atomic E-state index is 15.4. The van der Waals surface area contributed by atoms with Crippen LogP contribution in [0.4, 0.5) is 29.5 Å². The number of carbonyl (C=O) groups is 1. The molecule has 3 aromatic rings. The molecule has 13 heteroatoms. The van der Waals surface area contributed by atoms with Gasteiger partial charge in [0.25, 0.3) is 10.0 Å². The summed E-state index contributed by atoms with van der Waals surface area (Å²) in [7, 11) is -4.98. The van der Waals surface area contributed by atoms with Crippen molar-refractivity contribution in [1.82, 2.24) is 9.88 Å². The van der Waals surface area contributed by atoms with Gasteiger partial charge in [0, 0.05) is 36.1 Å². The molecular weight excluding hydrogens is 589 g/mol. The van der Waals surface area contributed by atoms with E-state index in [1.165, 1.54) is 37.7 Å². The Bertz CT molecular complexity index is 1570. The molecule has 1 N–H and O–H groups in total. The monoisotopic (exact) mass is 622 g/mol. The van der Waals surface area contributed by atoms with E-state index in [1.54, 1.807) is 6.07 Å². The summed E-state index contributed by atoms with van der Waals surface area (Å²) in [6.45, 7) is 6.94. The second kappa shape index (κ2) is 11.5. The highest BCUT2D eigenvalue weighted by Crippen LogP contribution is 2.39. The van der Waals surface area contributed by atoms with E-state index in [-0.39, 0.29) is 22.4 Å². The Kier molecular flexibility index (Phi) is 8.29. The van der Waals surface area contributed by atoms with Crippen molar-refractivity contribution in [3.63, 3.8) is 0 Å². The smallest absolute Gasteiger partial charge is 0.430 e. The summed E-state index contributed by atoms with van der Waals surface area (Å²) in [5.41, 5.74) is 1.92. The van der Waals surface area contributed by atoms with Crippen molar-refractivity contribution in [2.24, 2.45) is 0 Å². The number of sulfonamides is 1. The number of carbonyl (C=O) groups excluding carboxylic acids is 1. The van der Waals surface area contributed by atoms with E-state index in [0.29, 0.717) is 24.2 Å². The van der Waals surface area contributed by atoms with Crippen LogP contribution in [0.25, 0.3) is 0 Å². The summed E-state index contributed by atoms with van der Waals surface area (Å²) in [4.78, 5) is 18.1. The largest absolute Gasteiger partial charge is 0.443 e. The van der Waals surface area contributed by atoms with Gasteiger partial charge in [-0.3, -0.25) is 4.90 Å². The Balaban J connectivity index is 1.42. The number of aryl methyl sites for hydroxylation is 1. The van der Waals surface area contributed by atoms with Crippen LogP contribution in [-0.2, 0) is 27.8 Å². The predicted molar refractivity (Wildman–Crippen MR) is 154 cm³/mol. The number of ether oxygens (including phenoxy) is 1. The van der Waals surface area contributed by atoms with Crippen LogP contribution in [0.1, 0.15) is 63.1 Å². The third kappa shape index (κ3) is 5.86. The van der Waals surface area contributed by atoms with E-state index in [1.807, 2.05) is 6.92 Å². The molecule has 0 aliphatic carbocycles. The van der Waals surface area contributed by atoms with Gasteiger partial charge in [-0.25, -0.2) is 31.4 Å². The Morgan fingerprint density at radius 1 is 1.07 bits per heavy atom. The normalized spacial score (nSPS) is 18.8. The fourth-order valence-electron chi connectivity index (χ4n) is 5.73. The van der Waals surface area contributed by atoms with Gasteiger partial charge in [-0.1, -0.05) is 6.07 Å². The molecule has 0 saturated carbocycles. The molecule has 8 nitrogen and oxygen atoms in total. The summed E-state index contributed by atoms with van der Waals surface area (Å²) in [6, 6.07) is 5.92. The van der Waals surface area contributed by atoms with Gasteiger partial charge in [0.05, 0.1) is 11.2 Å². The molecule has 2 fully saturated rings. The number of nitrogens with zero attached hydrogens (tertiary/aromatic N) is 3. The molecule has 2 bridgehead atoms. The summed E-state index contributed by atoms with van der Waals surface area (Å²) >= 11 is 1.01. The third-order valence-electron chi connectivity index (χ3n) is 7.76. The Labute approximate surface area is 247 Å². The number of thiazole rings is 1. The molecule has 2 aromatic carbocycles. The highest BCUT2D eigenvalue weighted by Gasteiger charge is 2.40. The molecule has 2 aliphatic rings. The Morgan fingerprint density at radius 3 is 2.33 bits per heavy atom. The van der Waals surface area contributed by atoms with E-state index in [4.69, 9.17) is 4.74 Å². The molecular formula is C29H33F3N4O4S2. The zero-order valence-electron chi connectivity index (χ0n) is 23.8. The molecule has 2 aliphatic heterocycles. The fraction of sp³-hybridized carbons (Fsp3) is 0.448. The lowest BCUT2D eigenvalue weighted by Crippen LogP contribution is -2.41. The molecule has 0 radical (unpaired) electrons. The van der Waals surface area contributed by atoms with Crippen LogP contribution in [0.2, 0.25) is 0 Å². The maximum absolute atomic E-state index is 15.4. The van der Waals surface area contributed by atoms with Gasteiger partial charge < -0.3 is 10.1 Å². The lowest BCUT2D eigenvalue weighted by Gasteiger charge is -2.26. The van der Waals surface area contributed by atoms with Crippen molar-refractivity contribution in [2.75, 3.05) is 9.62 Å². The van der Waals surface area contributed by atoms with Crippen molar-refractivity contribution < 1.29 is 31.1 Å². The van der Waals surface area contributed by atoms with Crippen molar-refractivity contribution in [3.05, 3.63) is 69.3 Å². The standard InChI is InChI=1S/C29H33F3N4O4S2/c1-17-5-10-22(30)20(21(17)14-35-18-6-7-19(35)9-8-18)13-33-23-11-12-24(27(32)26(23)31)42(38,39)36(25-15-41-16-34-25)28(37)40-29(2,3)4/h5,10-12,15-16,18-19,33H,6-9,13-14H2,1-4H3. The molecule has 42 heavy (non-hydrogen) atoms. The minimum absolute atomic E-state index is 0.142. The van der Waals surface area contributed by atoms with E-state index < -0.39 is 44.1 Å². The number of rotatable bonds is 8. The number of fused-ring (bicyclic) bond motifs is 2. The van der Waals surface area contributed by atoms with Gasteiger partial charge in [0.1, 0.15) is 16.3 Å². The minimum Gasteiger partial charge on any atom is -0.443 e. The first kappa shape index (κ1) is 30.3. The number of halogens is 3. The molecule has 0 atom stereocenters. The molecule has 226 valence electrons. The Morgan fingerprint density at radius 2 is 1.74 bits per heavy atom. The fourth-order valence-corrected chi connectivity index (χ4v) is 7.64. The third-order valence-corrected chi connectivity index (χ3v) is 10.0. The van der Waals surface area contributed by atoms with E-state index in [2.05, 4.69) is 15.2 Å². The number of benzene rings is 2. The van der Waals surface area contributed by atoms with Gasteiger partial charge in [-0.2, -0.15) is 0 Å². The van der Waals surface area contributed by atoms with Gasteiger partial charge in [0.2, 0.25) is 0 Å². The molecule has 5 rings (SSSR count). The first-order valence-electron chi connectivity index (χ1n) is 13.7. The minimum atomic E-state index is -4.98. The predicted octanol–water partition coefficient (Wildman–Crippen LogP) is 6.74.